The lowest BCUT2D eigenvalue weighted by atomic mass is 9.99. The number of carbonyl (C=O) groups is 1. The van der Waals surface area contributed by atoms with Crippen molar-refractivity contribution in [2.75, 3.05) is 0 Å². The Morgan fingerprint density at radius 3 is 2.28 bits per heavy atom. The largest absolute Gasteiger partial charge is 0.491 e. The second kappa shape index (κ2) is 8.34. The van der Waals surface area contributed by atoms with Crippen molar-refractivity contribution in [2.45, 2.75) is 46.3 Å². The van der Waals surface area contributed by atoms with Crippen LogP contribution in [0.5, 0.6) is 11.5 Å². The zero-order valence-electron chi connectivity index (χ0n) is 14.8. The number of carbonyl (C=O) groups excluding carboxylic acids is 1. The van der Waals surface area contributed by atoms with Gasteiger partial charge in [-0.25, -0.2) is 4.39 Å². The van der Waals surface area contributed by atoms with Crippen molar-refractivity contribution >= 4 is 17.9 Å². The van der Waals surface area contributed by atoms with Crippen molar-refractivity contribution in [1.29, 1.82) is 0 Å². The van der Waals surface area contributed by atoms with Crippen LogP contribution in [0.25, 0.3) is 0 Å². The Kier molecular flexibility index (Phi) is 6.43. The molecule has 0 saturated heterocycles. The maximum Gasteiger partial charge on any atom is 0.153 e. The summed E-state index contributed by atoms with van der Waals surface area (Å²) in [6.45, 7) is 7.53. The molecule has 134 valence electrons. The molecule has 2 aromatic rings. The molecule has 0 bridgehead atoms. The van der Waals surface area contributed by atoms with Gasteiger partial charge in [-0.3, -0.25) is 4.79 Å². The van der Waals surface area contributed by atoms with Crippen LogP contribution in [0.15, 0.2) is 30.3 Å². The van der Waals surface area contributed by atoms with E-state index in [1.54, 1.807) is 24.3 Å². The first-order valence-corrected chi connectivity index (χ1v) is 8.58. The Bertz CT molecular complexity index is 737. The van der Waals surface area contributed by atoms with Gasteiger partial charge in [0.15, 0.2) is 6.29 Å². The summed E-state index contributed by atoms with van der Waals surface area (Å²) in [4.78, 5) is 11.5. The van der Waals surface area contributed by atoms with E-state index in [9.17, 15) is 9.18 Å². The molecule has 2 aromatic carbocycles. The van der Waals surface area contributed by atoms with Crippen molar-refractivity contribution in [3.63, 3.8) is 0 Å². The van der Waals surface area contributed by atoms with Crippen LogP contribution in [0.1, 0.15) is 49.2 Å². The first kappa shape index (κ1) is 19.3. The molecule has 25 heavy (non-hydrogen) atoms. The topological polar surface area (TPSA) is 35.5 Å². The van der Waals surface area contributed by atoms with Crippen molar-refractivity contribution < 1.29 is 18.7 Å². The van der Waals surface area contributed by atoms with Crippen LogP contribution in [0.4, 0.5) is 4.39 Å². The summed E-state index contributed by atoms with van der Waals surface area (Å²) in [6, 6.07) is 7.90. The van der Waals surface area contributed by atoms with Gasteiger partial charge in [0, 0.05) is 22.6 Å². The third-order valence-electron chi connectivity index (χ3n) is 3.51. The maximum absolute atomic E-state index is 14.3. The molecule has 0 amide bonds. The fraction of sp³-hybridized carbons (Fsp3) is 0.350. The van der Waals surface area contributed by atoms with E-state index in [4.69, 9.17) is 21.1 Å². The first-order valence-electron chi connectivity index (χ1n) is 8.20. The highest BCUT2D eigenvalue weighted by molar-refractivity contribution is 6.31. The molecule has 0 heterocycles. The number of benzene rings is 2. The molecule has 0 radical (unpaired) electrons. The number of hydrogen-bond acceptors (Lipinski definition) is 3. The predicted molar refractivity (Wildman–Crippen MR) is 97.6 cm³/mol. The maximum atomic E-state index is 14.3. The van der Waals surface area contributed by atoms with Crippen molar-refractivity contribution in [3.8, 4) is 11.5 Å². The van der Waals surface area contributed by atoms with Gasteiger partial charge in [-0.1, -0.05) is 17.7 Å². The number of halogens is 2. The van der Waals surface area contributed by atoms with Gasteiger partial charge in [0.25, 0.3) is 0 Å². The van der Waals surface area contributed by atoms with Crippen LogP contribution in [0, 0.1) is 5.82 Å². The molecular weight excluding hydrogens is 343 g/mol. The van der Waals surface area contributed by atoms with E-state index >= 15 is 0 Å². The van der Waals surface area contributed by atoms with Crippen LogP contribution >= 0.6 is 11.6 Å². The Balaban J connectivity index is 2.63. The summed E-state index contributed by atoms with van der Waals surface area (Å²) < 4.78 is 26.0. The van der Waals surface area contributed by atoms with Crippen LogP contribution in [0.2, 0.25) is 5.02 Å². The second-order valence-electron chi connectivity index (χ2n) is 6.29. The summed E-state index contributed by atoms with van der Waals surface area (Å²) >= 11 is 6.18. The van der Waals surface area contributed by atoms with Crippen molar-refractivity contribution in [1.82, 2.24) is 0 Å². The fourth-order valence-electron chi connectivity index (χ4n) is 2.51. The van der Waals surface area contributed by atoms with E-state index < -0.39 is 5.82 Å². The highest BCUT2D eigenvalue weighted by atomic mass is 35.5. The number of aldehydes is 1. The van der Waals surface area contributed by atoms with Crippen LogP contribution in [-0.2, 0) is 6.42 Å². The van der Waals surface area contributed by atoms with E-state index in [1.165, 1.54) is 6.07 Å². The van der Waals surface area contributed by atoms with Gasteiger partial charge < -0.3 is 9.47 Å². The number of ether oxygens (including phenoxy) is 2. The molecule has 0 spiro atoms. The van der Waals surface area contributed by atoms with E-state index in [0.717, 1.165) is 6.29 Å². The minimum absolute atomic E-state index is 0.0798. The Labute approximate surface area is 152 Å². The molecular formula is C20H22ClFO3. The molecule has 0 atom stereocenters. The summed E-state index contributed by atoms with van der Waals surface area (Å²) in [6.07, 6.45) is 0.660. The average molecular weight is 365 g/mol. The Morgan fingerprint density at radius 1 is 1.04 bits per heavy atom. The first-order chi connectivity index (χ1) is 11.8. The molecule has 0 N–H and O–H groups in total. The zero-order valence-corrected chi connectivity index (χ0v) is 15.6. The molecule has 0 unspecified atom stereocenters. The Hall–Kier alpha value is -2.07. The molecule has 5 heteroatoms. The smallest absolute Gasteiger partial charge is 0.153 e. The molecule has 0 fully saturated rings. The van der Waals surface area contributed by atoms with Gasteiger partial charge in [0.1, 0.15) is 17.3 Å². The molecule has 3 nitrogen and oxygen atoms in total. The standard InChI is InChI=1S/C20H22ClFO3/c1-12(2)24-19-9-8-14(11-23)20(25-13(3)4)16(19)10-15-17(21)6-5-7-18(15)22/h5-9,11-13H,10H2,1-4H3. The number of hydrogen-bond donors (Lipinski definition) is 0. The third-order valence-corrected chi connectivity index (χ3v) is 3.86. The van der Waals surface area contributed by atoms with Crippen LogP contribution < -0.4 is 9.47 Å². The molecule has 0 aliphatic heterocycles. The van der Waals surface area contributed by atoms with Gasteiger partial charge in [-0.2, -0.15) is 0 Å². The molecule has 0 aliphatic carbocycles. The van der Waals surface area contributed by atoms with E-state index in [2.05, 4.69) is 0 Å². The summed E-state index contributed by atoms with van der Waals surface area (Å²) in [7, 11) is 0. The monoisotopic (exact) mass is 364 g/mol. The minimum atomic E-state index is -0.407. The lowest BCUT2D eigenvalue weighted by Crippen LogP contribution is -2.13. The molecule has 0 aliphatic rings. The van der Waals surface area contributed by atoms with E-state index in [1.807, 2.05) is 27.7 Å². The zero-order chi connectivity index (χ0) is 18.6. The lowest BCUT2D eigenvalue weighted by Gasteiger charge is -2.21. The fourth-order valence-corrected chi connectivity index (χ4v) is 2.74. The van der Waals surface area contributed by atoms with Crippen LogP contribution in [-0.4, -0.2) is 18.5 Å². The molecule has 2 rings (SSSR count). The van der Waals surface area contributed by atoms with Gasteiger partial charge >= 0.3 is 0 Å². The van der Waals surface area contributed by atoms with Crippen LogP contribution in [0.3, 0.4) is 0 Å². The summed E-state index contributed by atoms with van der Waals surface area (Å²) in [5.41, 5.74) is 1.35. The predicted octanol–water partition coefficient (Wildman–Crippen LogP) is 5.46. The minimum Gasteiger partial charge on any atom is -0.491 e. The van der Waals surface area contributed by atoms with Gasteiger partial charge in [-0.15, -0.1) is 0 Å². The average Bonchev–Trinajstić information content (AvgIpc) is 2.52. The number of rotatable bonds is 7. The van der Waals surface area contributed by atoms with Crippen molar-refractivity contribution in [3.05, 3.63) is 57.9 Å². The van der Waals surface area contributed by atoms with Gasteiger partial charge in [-0.05, 0) is 52.0 Å². The second-order valence-corrected chi connectivity index (χ2v) is 6.70. The van der Waals surface area contributed by atoms with Gasteiger partial charge in [0.05, 0.1) is 17.8 Å². The normalized spacial score (nSPS) is 11.0. The highest BCUT2D eigenvalue weighted by Crippen LogP contribution is 2.36. The third kappa shape index (κ3) is 4.73. The van der Waals surface area contributed by atoms with E-state index in [0.29, 0.717) is 33.2 Å². The summed E-state index contributed by atoms with van der Waals surface area (Å²) in [5.74, 6) is 0.549. The van der Waals surface area contributed by atoms with E-state index in [-0.39, 0.29) is 18.6 Å². The Morgan fingerprint density at radius 2 is 1.72 bits per heavy atom. The summed E-state index contributed by atoms with van der Waals surface area (Å²) in [5, 5.41) is 0.322. The quantitative estimate of drug-likeness (QED) is 0.612. The molecule has 0 aromatic heterocycles. The highest BCUT2D eigenvalue weighted by Gasteiger charge is 2.20. The molecule has 0 saturated carbocycles. The van der Waals surface area contributed by atoms with Gasteiger partial charge in [0.2, 0.25) is 0 Å². The SMILES string of the molecule is CC(C)Oc1ccc(C=O)c(OC(C)C)c1Cc1c(F)cccc1Cl. The van der Waals surface area contributed by atoms with Crippen molar-refractivity contribution in [2.24, 2.45) is 0 Å². The lowest BCUT2D eigenvalue weighted by molar-refractivity contribution is 0.111.